The van der Waals surface area contributed by atoms with Crippen molar-refractivity contribution in [1.82, 2.24) is 9.97 Å². The number of nitriles is 1. The van der Waals surface area contributed by atoms with Crippen molar-refractivity contribution in [2.45, 2.75) is 18.8 Å². The van der Waals surface area contributed by atoms with E-state index in [9.17, 15) is 13.6 Å². The van der Waals surface area contributed by atoms with Crippen LogP contribution in [-0.4, -0.2) is 15.8 Å². The van der Waals surface area contributed by atoms with E-state index in [1.807, 2.05) is 12.1 Å². The number of rotatable bonds is 6. The SMILES string of the molecule is N#CC(Cc1ccncc1)c1ccc(F)cc1.O=C(Cc1ccc(F)cc1)c1ccncc1. The topological polar surface area (TPSA) is 66.6 Å². The zero-order valence-corrected chi connectivity index (χ0v) is 17.7. The van der Waals surface area contributed by atoms with Gasteiger partial charge in [0.1, 0.15) is 11.6 Å². The van der Waals surface area contributed by atoms with E-state index in [1.165, 1.54) is 24.3 Å². The molecule has 33 heavy (non-hydrogen) atoms. The van der Waals surface area contributed by atoms with Gasteiger partial charge in [-0.25, -0.2) is 8.78 Å². The lowest BCUT2D eigenvalue weighted by molar-refractivity contribution is 0.0993. The molecule has 0 N–H and O–H groups in total. The van der Waals surface area contributed by atoms with Crippen molar-refractivity contribution >= 4 is 5.78 Å². The summed E-state index contributed by atoms with van der Waals surface area (Å²) in [5.74, 6) is -0.818. The van der Waals surface area contributed by atoms with Crippen LogP contribution in [-0.2, 0) is 12.8 Å². The van der Waals surface area contributed by atoms with Crippen LogP contribution in [0.5, 0.6) is 0 Å². The molecule has 2 aromatic heterocycles. The lowest BCUT2D eigenvalue weighted by Gasteiger charge is -2.09. The minimum absolute atomic E-state index is 0.00834. The molecule has 0 bridgehead atoms. The summed E-state index contributed by atoms with van der Waals surface area (Å²) in [5, 5.41) is 9.15. The monoisotopic (exact) mass is 441 g/mol. The summed E-state index contributed by atoms with van der Waals surface area (Å²) in [4.78, 5) is 19.6. The maximum absolute atomic E-state index is 12.8. The molecule has 2 aromatic carbocycles. The van der Waals surface area contributed by atoms with Gasteiger partial charge in [0, 0.05) is 36.8 Å². The van der Waals surface area contributed by atoms with E-state index in [4.69, 9.17) is 5.26 Å². The summed E-state index contributed by atoms with van der Waals surface area (Å²) in [6.07, 6.45) is 7.47. The van der Waals surface area contributed by atoms with Crippen molar-refractivity contribution in [3.63, 3.8) is 0 Å². The van der Waals surface area contributed by atoms with E-state index < -0.39 is 0 Å². The molecule has 0 saturated carbocycles. The minimum Gasteiger partial charge on any atom is -0.294 e. The van der Waals surface area contributed by atoms with Gasteiger partial charge in [-0.05, 0) is 71.6 Å². The quantitative estimate of drug-likeness (QED) is 0.359. The summed E-state index contributed by atoms with van der Waals surface area (Å²) in [6, 6.07) is 21.4. The van der Waals surface area contributed by atoms with Crippen LogP contribution >= 0.6 is 0 Å². The molecule has 0 radical (unpaired) electrons. The highest BCUT2D eigenvalue weighted by atomic mass is 19.1. The summed E-state index contributed by atoms with van der Waals surface area (Å²) < 4.78 is 25.4. The molecule has 6 heteroatoms. The fourth-order valence-corrected chi connectivity index (χ4v) is 3.12. The van der Waals surface area contributed by atoms with Crippen LogP contribution in [0.25, 0.3) is 0 Å². The Bertz CT molecular complexity index is 1190. The van der Waals surface area contributed by atoms with Gasteiger partial charge in [0.2, 0.25) is 0 Å². The van der Waals surface area contributed by atoms with E-state index >= 15 is 0 Å². The smallest absolute Gasteiger partial charge is 0.167 e. The van der Waals surface area contributed by atoms with E-state index in [0.29, 0.717) is 12.0 Å². The average Bonchev–Trinajstić information content (AvgIpc) is 2.86. The maximum atomic E-state index is 12.8. The number of ketones is 1. The molecule has 0 fully saturated rings. The largest absolute Gasteiger partial charge is 0.294 e. The molecule has 164 valence electrons. The molecule has 4 nitrogen and oxygen atoms in total. The average molecular weight is 441 g/mol. The second kappa shape index (κ2) is 12.0. The van der Waals surface area contributed by atoms with Gasteiger partial charge in [-0.1, -0.05) is 24.3 Å². The van der Waals surface area contributed by atoms with Crippen molar-refractivity contribution in [2.75, 3.05) is 0 Å². The Morgan fingerprint density at radius 3 is 1.82 bits per heavy atom. The first kappa shape index (κ1) is 23.4. The van der Waals surface area contributed by atoms with Gasteiger partial charge in [0.05, 0.1) is 12.0 Å². The fraction of sp³-hybridized carbons (Fsp3) is 0.111. The highest BCUT2D eigenvalue weighted by Gasteiger charge is 2.11. The third-order valence-electron chi connectivity index (χ3n) is 4.90. The molecule has 4 aromatic rings. The van der Waals surface area contributed by atoms with Gasteiger partial charge in [-0.2, -0.15) is 5.26 Å². The number of nitrogens with zero attached hydrogens (tertiary/aromatic N) is 3. The molecule has 0 aliphatic carbocycles. The Morgan fingerprint density at radius 1 is 0.758 bits per heavy atom. The Hall–Kier alpha value is -4.24. The lowest BCUT2D eigenvalue weighted by atomic mass is 9.94. The first-order chi connectivity index (χ1) is 16.0. The Labute approximate surface area is 191 Å². The van der Waals surface area contributed by atoms with Crippen LogP contribution in [0, 0.1) is 23.0 Å². The highest BCUT2D eigenvalue weighted by molar-refractivity contribution is 5.97. The molecule has 0 aliphatic rings. The van der Waals surface area contributed by atoms with Gasteiger partial charge in [-0.3, -0.25) is 14.8 Å². The Balaban J connectivity index is 0.000000186. The first-order valence-electron chi connectivity index (χ1n) is 10.3. The van der Waals surface area contributed by atoms with Gasteiger partial charge in [-0.15, -0.1) is 0 Å². The molecule has 1 unspecified atom stereocenters. The number of carbonyl (C=O) groups is 1. The van der Waals surface area contributed by atoms with Crippen LogP contribution in [0.15, 0.2) is 97.6 Å². The van der Waals surface area contributed by atoms with Gasteiger partial charge in [0.15, 0.2) is 5.78 Å². The van der Waals surface area contributed by atoms with Gasteiger partial charge < -0.3 is 0 Å². The summed E-state index contributed by atoms with van der Waals surface area (Å²) >= 11 is 0. The second-order valence-electron chi connectivity index (χ2n) is 7.26. The lowest BCUT2D eigenvalue weighted by Crippen LogP contribution is -2.03. The van der Waals surface area contributed by atoms with Gasteiger partial charge >= 0.3 is 0 Å². The molecule has 2 heterocycles. The van der Waals surface area contributed by atoms with E-state index in [2.05, 4.69) is 16.0 Å². The predicted octanol–water partition coefficient (Wildman–Crippen LogP) is 5.72. The van der Waals surface area contributed by atoms with Crippen molar-refractivity contribution in [3.8, 4) is 6.07 Å². The number of carbonyl (C=O) groups excluding carboxylic acids is 1. The highest BCUT2D eigenvalue weighted by Crippen LogP contribution is 2.20. The molecule has 4 rings (SSSR count). The molecular formula is C27H21F2N3O. The van der Waals surface area contributed by atoms with Crippen molar-refractivity contribution in [1.29, 1.82) is 5.26 Å². The molecule has 1 atom stereocenters. The predicted molar refractivity (Wildman–Crippen MR) is 121 cm³/mol. The second-order valence-corrected chi connectivity index (χ2v) is 7.26. The minimum atomic E-state index is -0.292. The van der Waals surface area contributed by atoms with Crippen LogP contribution < -0.4 is 0 Å². The zero-order chi connectivity index (χ0) is 23.5. The number of benzene rings is 2. The van der Waals surface area contributed by atoms with E-state index in [1.54, 1.807) is 61.2 Å². The molecule has 0 spiro atoms. The van der Waals surface area contributed by atoms with Crippen molar-refractivity contribution < 1.29 is 13.6 Å². The van der Waals surface area contributed by atoms with Crippen molar-refractivity contribution in [3.05, 3.63) is 131 Å². The molecule has 0 aliphatic heterocycles. The number of aromatic nitrogens is 2. The third kappa shape index (κ3) is 7.44. The standard InChI is InChI=1S/C14H11FN2.C13H10FNO/c15-14-3-1-12(2-4-14)13(10-16)9-11-5-7-17-8-6-11;14-12-3-1-10(2-4-12)9-13(16)11-5-7-15-8-6-11/h1-8,13H,9H2;1-8H,9H2. The van der Waals surface area contributed by atoms with Gasteiger partial charge in [0.25, 0.3) is 0 Å². The molecule has 0 amide bonds. The first-order valence-corrected chi connectivity index (χ1v) is 10.3. The summed E-state index contributed by atoms with van der Waals surface area (Å²) in [6.45, 7) is 0. The van der Waals surface area contributed by atoms with E-state index in [-0.39, 0.29) is 29.8 Å². The van der Waals surface area contributed by atoms with Crippen LogP contribution in [0.2, 0.25) is 0 Å². The molecular weight excluding hydrogens is 420 g/mol. The number of halogens is 2. The Morgan fingerprint density at radius 2 is 1.27 bits per heavy atom. The Kier molecular flexibility index (Phi) is 8.49. The van der Waals surface area contributed by atoms with Crippen LogP contribution in [0.3, 0.4) is 0 Å². The third-order valence-corrected chi connectivity index (χ3v) is 4.90. The summed E-state index contributed by atoms with van der Waals surface area (Å²) in [7, 11) is 0. The van der Waals surface area contributed by atoms with E-state index in [0.717, 1.165) is 16.7 Å². The fourth-order valence-electron chi connectivity index (χ4n) is 3.12. The number of hydrogen-bond acceptors (Lipinski definition) is 4. The normalized spacial score (nSPS) is 10.9. The number of pyridine rings is 2. The van der Waals surface area contributed by atoms with Crippen molar-refractivity contribution in [2.24, 2.45) is 0 Å². The number of hydrogen-bond donors (Lipinski definition) is 0. The number of Topliss-reactive ketones (excluding diaryl/α,β-unsaturated/α-hetero) is 1. The molecule has 0 saturated heterocycles. The van der Waals surface area contributed by atoms with Crippen LogP contribution in [0.1, 0.15) is 33.0 Å². The van der Waals surface area contributed by atoms with Crippen LogP contribution in [0.4, 0.5) is 8.78 Å². The zero-order valence-electron chi connectivity index (χ0n) is 17.7. The summed E-state index contributed by atoms with van der Waals surface area (Å²) in [5.41, 5.74) is 3.32. The maximum Gasteiger partial charge on any atom is 0.167 e.